The van der Waals surface area contributed by atoms with E-state index in [4.69, 9.17) is 5.11 Å². The van der Waals surface area contributed by atoms with Crippen molar-refractivity contribution in [3.8, 4) is 0 Å². The summed E-state index contributed by atoms with van der Waals surface area (Å²) < 4.78 is 0. The minimum Gasteiger partial charge on any atom is -0.475 e. The molecule has 2 atom stereocenters. The summed E-state index contributed by atoms with van der Waals surface area (Å²) in [6.45, 7) is 2.15. The van der Waals surface area contributed by atoms with E-state index in [2.05, 4.69) is 22.2 Å². The van der Waals surface area contributed by atoms with Gasteiger partial charge in [0.25, 0.3) is 0 Å². The van der Waals surface area contributed by atoms with Gasteiger partial charge in [0.05, 0.1) is 5.52 Å². The van der Waals surface area contributed by atoms with E-state index in [9.17, 15) is 4.79 Å². The highest BCUT2D eigenvalue weighted by Gasteiger charge is 2.33. The summed E-state index contributed by atoms with van der Waals surface area (Å²) in [5, 5.41) is 13.2. The molecular formula is C13H13N3O2. The molecule has 3 rings (SSSR count). The van der Waals surface area contributed by atoms with Crippen molar-refractivity contribution >= 4 is 22.7 Å². The summed E-state index contributed by atoms with van der Waals surface area (Å²) in [6, 6.07) is 7.82. The van der Waals surface area contributed by atoms with Gasteiger partial charge in [0.2, 0.25) is 5.82 Å². The zero-order chi connectivity index (χ0) is 12.7. The zero-order valence-electron chi connectivity index (χ0n) is 9.92. The van der Waals surface area contributed by atoms with Crippen molar-refractivity contribution in [1.29, 1.82) is 0 Å². The third kappa shape index (κ3) is 1.88. The first kappa shape index (κ1) is 11.0. The largest absolute Gasteiger partial charge is 0.475 e. The number of anilines is 1. The lowest BCUT2D eigenvalue weighted by atomic mass is 10.2. The van der Waals surface area contributed by atoms with Crippen molar-refractivity contribution in [2.75, 3.05) is 5.32 Å². The van der Waals surface area contributed by atoms with Crippen LogP contribution in [0, 0.1) is 5.92 Å². The normalized spacial score (nSPS) is 21.8. The van der Waals surface area contributed by atoms with Crippen molar-refractivity contribution in [3.63, 3.8) is 0 Å². The first-order valence-electron chi connectivity index (χ1n) is 5.92. The molecule has 0 aliphatic heterocycles. The lowest BCUT2D eigenvalue weighted by Gasteiger charge is -2.08. The number of benzene rings is 1. The smallest absolute Gasteiger partial charge is 0.374 e. The van der Waals surface area contributed by atoms with Crippen LogP contribution in [-0.4, -0.2) is 27.1 Å². The molecule has 0 saturated heterocycles. The van der Waals surface area contributed by atoms with Crippen LogP contribution in [0.25, 0.3) is 10.9 Å². The van der Waals surface area contributed by atoms with Crippen LogP contribution in [0.1, 0.15) is 24.0 Å². The number of fused-ring (bicyclic) bond motifs is 1. The van der Waals surface area contributed by atoms with Gasteiger partial charge in [-0.3, -0.25) is 0 Å². The van der Waals surface area contributed by atoms with Gasteiger partial charge in [-0.2, -0.15) is 0 Å². The van der Waals surface area contributed by atoms with Crippen LogP contribution in [0.5, 0.6) is 0 Å². The van der Waals surface area contributed by atoms with Crippen LogP contribution < -0.4 is 5.32 Å². The molecule has 5 nitrogen and oxygen atoms in total. The van der Waals surface area contributed by atoms with E-state index in [0.29, 0.717) is 23.3 Å². The van der Waals surface area contributed by atoms with Crippen LogP contribution in [0.3, 0.4) is 0 Å². The Bertz CT molecular complexity index is 627. The van der Waals surface area contributed by atoms with Crippen LogP contribution in [0.15, 0.2) is 24.3 Å². The molecule has 1 heterocycles. The second-order valence-corrected chi connectivity index (χ2v) is 4.68. The molecule has 2 unspecified atom stereocenters. The van der Waals surface area contributed by atoms with Crippen LogP contribution >= 0.6 is 0 Å². The monoisotopic (exact) mass is 243 g/mol. The molecule has 5 heteroatoms. The highest BCUT2D eigenvalue weighted by atomic mass is 16.4. The summed E-state index contributed by atoms with van der Waals surface area (Å²) in [4.78, 5) is 19.1. The number of nitrogens with one attached hydrogen (secondary N) is 1. The number of carboxylic acid groups (broad SMARTS) is 1. The molecule has 1 aliphatic carbocycles. The summed E-state index contributed by atoms with van der Waals surface area (Å²) in [5.41, 5.74) is 0.653. The minimum atomic E-state index is -1.10. The van der Waals surface area contributed by atoms with Gasteiger partial charge in [-0.25, -0.2) is 14.8 Å². The van der Waals surface area contributed by atoms with Crippen LogP contribution in [0.2, 0.25) is 0 Å². The summed E-state index contributed by atoms with van der Waals surface area (Å²) in [7, 11) is 0. The average Bonchev–Trinajstić information content (AvgIpc) is 3.04. The molecule has 1 fully saturated rings. The molecule has 0 radical (unpaired) electrons. The fourth-order valence-corrected chi connectivity index (χ4v) is 1.98. The van der Waals surface area contributed by atoms with Gasteiger partial charge in [-0.15, -0.1) is 0 Å². The summed E-state index contributed by atoms with van der Waals surface area (Å²) in [5.74, 6) is -0.0310. The molecule has 92 valence electrons. The van der Waals surface area contributed by atoms with Gasteiger partial charge in [0.1, 0.15) is 5.82 Å². The van der Waals surface area contributed by atoms with E-state index < -0.39 is 5.97 Å². The molecule has 0 spiro atoms. The number of hydrogen-bond acceptors (Lipinski definition) is 4. The number of carboxylic acids is 1. The van der Waals surface area contributed by atoms with Gasteiger partial charge < -0.3 is 10.4 Å². The Balaban J connectivity index is 2.10. The van der Waals surface area contributed by atoms with E-state index >= 15 is 0 Å². The number of para-hydroxylation sites is 1. The first-order valence-corrected chi connectivity index (χ1v) is 5.92. The molecule has 1 aliphatic rings. The third-order valence-corrected chi connectivity index (χ3v) is 3.23. The van der Waals surface area contributed by atoms with Crippen LogP contribution in [0.4, 0.5) is 5.82 Å². The second kappa shape index (κ2) is 3.94. The Kier molecular flexibility index (Phi) is 2.40. The summed E-state index contributed by atoms with van der Waals surface area (Å²) >= 11 is 0. The highest BCUT2D eigenvalue weighted by Crippen LogP contribution is 2.33. The number of hydrogen-bond donors (Lipinski definition) is 2. The average molecular weight is 243 g/mol. The van der Waals surface area contributed by atoms with Crippen molar-refractivity contribution in [2.45, 2.75) is 19.4 Å². The van der Waals surface area contributed by atoms with Crippen molar-refractivity contribution in [1.82, 2.24) is 9.97 Å². The van der Waals surface area contributed by atoms with Gasteiger partial charge in [-0.1, -0.05) is 19.1 Å². The maximum atomic E-state index is 11.0. The quantitative estimate of drug-likeness (QED) is 0.863. The Morgan fingerprint density at radius 2 is 2.11 bits per heavy atom. The zero-order valence-corrected chi connectivity index (χ0v) is 9.92. The number of aromatic nitrogens is 2. The number of nitrogens with zero attached hydrogens (tertiary/aromatic N) is 2. The Morgan fingerprint density at radius 3 is 2.78 bits per heavy atom. The molecule has 1 aromatic carbocycles. The molecule has 2 aromatic rings. The lowest BCUT2D eigenvalue weighted by molar-refractivity contribution is 0.0684. The lowest BCUT2D eigenvalue weighted by Crippen LogP contribution is -2.11. The van der Waals surface area contributed by atoms with E-state index in [1.807, 2.05) is 18.2 Å². The highest BCUT2D eigenvalue weighted by molar-refractivity contribution is 5.93. The molecule has 1 aromatic heterocycles. The maximum Gasteiger partial charge on any atom is 0.374 e. The second-order valence-electron chi connectivity index (χ2n) is 4.68. The van der Waals surface area contributed by atoms with Crippen LogP contribution in [-0.2, 0) is 0 Å². The van der Waals surface area contributed by atoms with E-state index in [1.54, 1.807) is 6.07 Å². The SMILES string of the molecule is CC1CC1Nc1nc(C(=O)O)nc2ccccc12. The Morgan fingerprint density at radius 1 is 1.39 bits per heavy atom. The number of rotatable bonds is 3. The number of aromatic carboxylic acids is 1. The molecule has 0 bridgehead atoms. The molecule has 1 saturated carbocycles. The predicted octanol–water partition coefficient (Wildman–Crippen LogP) is 2.15. The standard InChI is InChI=1S/C13H13N3O2/c1-7-6-10(7)15-11-8-4-2-3-5-9(8)14-12(16-11)13(17)18/h2-5,7,10H,6H2,1H3,(H,17,18)(H,14,15,16). The number of carbonyl (C=O) groups is 1. The van der Waals surface area contributed by atoms with Gasteiger partial charge in [0.15, 0.2) is 0 Å². The van der Waals surface area contributed by atoms with Gasteiger partial charge >= 0.3 is 5.97 Å². The van der Waals surface area contributed by atoms with Crippen molar-refractivity contribution in [2.24, 2.45) is 5.92 Å². The molecule has 0 amide bonds. The molecule has 18 heavy (non-hydrogen) atoms. The topological polar surface area (TPSA) is 75.1 Å². The summed E-state index contributed by atoms with van der Waals surface area (Å²) in [6.07, 6.45) is 1.10. The van der Waals surface area contributed by atoms with E-state index in [1.165, 1.54) is 0 Å². The Hall–Kier alpha value is -2.17. The van der Waals surface area contributed by atoms with E-state index in [0.717, 1.165) is 11.8 Å². The van der Waals surface area contributed by atoms with Gasteiger partial charge in [-0.05, 0) is 24.5 Å². The fraction of sp³-hybridized carbons (Fsp3) is 0.308. The molecular weight excluding hydrogens is 230 g/mol. The predicted molar refractivity (Wildman–Crippen MR) is 67.7 cm³/mol. The minimum absolute atomic E-state index is 0.162. The Labute approximate surface area is 104 Å². The van der Waals surface area contributed by atoms with E-state index in [-0.39, 0.29) is 5.82 Å². The van der Waals surface area contributed by atoms with Crippen molar-refractivity contribution in [3.05, 3.63) is 30.1 Å². The fourth-order valence-electron chi connectivity index (χ4n) is 1.98. The first-order chi connectivity index (χ1) is 8.65. The van der Waals surface area contributed by atoms with Gasteiger partial charge in [0, 0.05) is 11.4 Å². The third-order valence-electron chi connectivity index (χ3n) is 3.23. The molecule has 2 N–H and O–H groups in total. The maximum absolute atomic E-state index is 11.0. The van der Waals surface area contributed by atoms with Crippen molar-refractivity contribution < 1.29 is 9.90 Å².